The zero-order chi connectivity index (χ0) is 18.7. The van der Waals surface area contributed by atoms with Gasteiger partial charge in [0.25, 0.3) is 5.91 Å². The molecule has 0 saturated carbocycles. The summed E-state index contributed by atoms with van der Waals surface area (Å²) in [6, 6.07) is 12.5. The third-order valence-electron chi connectivity index (χ3n) is 3.68. The summed E-state index contributed by atoms with van der Waals surface area (Å²) in [5.74, 6) is -4.01. The van der Waals surface area contributed by atoms with Gasteiger partial charge < -0.3 is 0 Å². The molecule has 0 spiro atoms. The second kappa shape index (κ2) is 6.94. The first-order valence-electron chi connectivity index (χ1n) is 7.49. The zero-order valence-electron chi connectivity index (χ0n) is 13.2. The molecule has 0 unspecified atom stereocenters. The number of nitrogens with one attached hydrogen (secondary N) is 1. The topological polar surface area (TPSA) is 103 Å². The van der Waals surface area contributed by atoms with Gasteiger partial charge in [0.05, 0.1) is 16.9 Å². The quantitative estimate of drug-likeness (QED) is 0.677. The van der Waals surface area contributed by atoms with Crippen LogP contribution in [0.4, 0.5) is 20.6 Å². The number of halogens is 1. The second-order valence-electron chi connectivity index (χ2n) is 5.30. The molecule has 128 valence electrons. The van der Waals surface area contributed by atoms with Crippen LogP contribution in [0.15, 0.2) is 53.5 Å². The third-order valence-corrected chi connectivity index (χ3v) is 3.68. The molecule has 1 heterocycles. The number of benzene rings is 2. The number of nitriles is 1. The Morgan fingerprint density at radius 1 is 1.12 bits per heavy atom. The lowest BCUT2D eigenvalue weighted by Gasteiger charge is -2.28. The van der Waals surface area contributed by atoms with Crippen molar-refractivity contribution in [3.8, 4) is 6.07 Å². The van der Waals surface area contributed by atoms with Crippen molar-refractivity contribution in [1.82, 2.24) is 5.32 Å². The van der Waals surface area contributed by atoms with Crippen LogP contribution in [-0.4, -0.2) is 24.1 Å². The third kappa shape index (κ3) is 3.06. The van der Waals surface area contributed by atoms with Crippen molar-refractivity contribution < 1.29 is 18.8 Å². The van der Waals surface area contributed by atoms with E-state index in [1.54, 1.807) is 18.2 Å². The first-order chi connectivity index (χ1) is 12.5. The molecule has 8 heteroatoms. The summed E-state index contributed by atoms with van der Waals surface area (Å²) in [7, 11) is 0. The highest BCUT2D eigenvalue weighted by Gasteiger charge is 2.41. The first-order valence-corrected chi connectivity index (χ1v) is 7.49. The van der Waals surface area contributed by atoms with E-state index in [0.717, 1.165) is 12.3 Å². The van der Waals surface area contributed by atoms with Gasteiger partial charge in [0.1, 0.15) is 11.9 Å². The summed E-state index contributed by atoms with van der Waals surface area (Å²) in [6.45, 7) is 0. The summed E-state index contributed by atoms with van der Waals surface area (Å²) in [5, 5.41) is 11.1. The number of imide groups is 2. The largest absolute Gasteiger partial charge is 0.335 e. The lowest BCUT2D eigenvalue weighted by Crippen LogP contribution is -2.58. The number of barbiturate groups is 1. The van der Waals surface area contributed by atoms with E-state index in [1.807, 2.05) is 11.4 Å². The fraction of sp³-hybridized carbons (Fsp3) is 0.0556. The van der Waals surface area contributed by atoms with Crippen LogP contribution in [0.3, 0.4) is 0 Å². The molecule has 1 N–H and O–H groups in total. The molecule has 1 aliphatic heterocycles. The fourth-order valence-corrected chi connectivity index (χ4v) is 2.42. The number of anilines is 1. The Morgan fingerprint density at radius 2 is 1.81 bits per heavy atom. The molecular weight excluding hydrogens is 339 g/mol. The first kappa shape index (κ1) is 17.0. The van der Waals surface area contributed by atoms with E-state index in [1.165, 1.54) is 24.3 Å². The summed E-state index contributed by atoms with van der Waals surface area (Å²) < 4.78 is 14.0. The van der Waals surface area contributed by atoms with E-state index in [2.05, 4.69) is 4.99 Å². The molecule has 26 heavy (non-hydrogen) atoms. The molecule has 0 radical (unpaired) electrons. The number of urea groups is 1. The van der Waals surface area contributed by atoms with Crippen molar-refractivity contribution in [2.45, 2.75) is 0 Å². The highest BCUT2D eigenvalue weighted by atomic mass is 19.1. The van der Waals surface area contributed by atoms with E-state index in [0.29, 0.717) is 4.90 Å². The minimum Gasteiger partial charge on any atom is -0.276 e. The van der Waals surface area contributed by atoms with Crippen molar-refractivity contribution in [2.24, 2.45) is 10.9 Å². The van der Waals surface area contributed by atoms with Gasteiger partial charge in [0.2, 0.25) is 5.91 Å². The minimum absolute atomic E-state index is 0.259. The van der Waals surface area contributed by atoms with Gasteiger partial charge in [-0.15, -0.1) is 0 Å². The molecular formula is C18H11FN4O3. The number of hydrogen-bond donors (Lipinski definition) is 1. The molecule has 0 aromatic heterocycles. The van der Waals surface area contributed by atoms with Crippen molar-refractivity contribution in [2.75, 3.05) is 4.90 Å². The van der Waals surface area contributed by atoms with Crippen LogP contribution >= 0.6 is 0 Å². The number of rotatable bonds is 3. The van der Waals surface area contributed by atoms with Crippen LogP contribution in [0, 0.1) is 23.1 Å². The van der Waals surface area contributed by atoms with Crippen molar-refractivity contribution >= 4 is 35.4 Å². The van der Waals surface area contributed by atoms with Crippen LogP contribution in [0.25, 0.3) is 0 Å². The minimum atomic E-state index is -1.43. The summed E-state index contributed by atoms with van der Waals surface area (Å²) in [5.41, 5.74) is 0.262. The molecule has 1 saturated heterocycles. The van der Waals surface area contributed by atoms with E-state index in [9.17, 15) is 18.8 Å². The molecule has 2 aromatic carbocycles. The lowest BCUT2D eigenvalue weighted by molar-refractivity contribution is -0.131. The van der Waals surface area contributed by atoms with Crippen molar-refractivity contribution in [3.63, 3.8) is 0 Å². The van der Waals surface area contributed by atoms with E-state index in [4.69, 9.17) is 5.26 Å². The zero-order valence-corrected chi connectivity index (χ0v) is 13.2. The normalized spacial score (nSPS) is 17.3. The van der Waals surface area contributed by atoms with Crippen LogP contribution in [0.1, 0.15) is 5.56 Å². The molecule has 0 aliphatic carbocycles. The molecule has 0 bridgehead atoms. The SMILES string of the molecule is N#Cc1ccccc1N=C[C@@H]1C(=O)NC(=O)N(c2ccccc2F)C1=O. The second-order valence-corrected chi connectivity index (χ2v) is 5.30. The van der Waals surface area contributed by atoms with Gasteiger partial charge >= 0.3 is 6.03 Å². The number of hydrogen-bond acceptors (Lipinski definition) is 5. The van der Waals surface area contributed by atoms with Gasteiger partial charge in [-0.2, -0.15) is 5.26 Å². The predicted octanol–water partition coefficient (Wildman–Crippen LogP) is 2.30. The number of nitrogens with zero attached hydrogens (tertiary/aromatic N) is 3. The smallest absolute Gasteiger partial charge is 0.276 e. The Balaban J connectivity index is 1.95. The lowest BCUT2D eigenvalue weighted by atomic mass is 10.1. The van der Waals surface area contributed by atoms with Gasteiger partial charge in [0, 0.05) is 6.21 Å². The van der Waals surface area contributed by atoms with Crippen molar-refractivity contribution in [1.29, 1.82) is 5.26 Å². The number of carbonyl (C=O) groups is 3. The Morgan fingerprint density at radius 3 is 2.54 bits per heavy atom. The molecule has 2 aromatic rings. The summed E-state index contributed by atoms with van der Waals surface area (Å²) >= 11 is 0. The summed E-state index contributed by atoms with van der Waals surface area (Å²) in [4.78, 5) is 41.2. The highest BCUT2D eigenvalue weighted by molar-refractivity contribution is 6.32. The molecule has 1 fully saturated rings. The molecule has 1 atom stereocenters. The van der Waals surface area contributed by atoms with E-state index >= 15 is 0 Å². The molecule has 1 aliphatic rings. The highest BCUT2D eigenvalue weighted by Crippen LogP contribution is 2.24. The fourth-order valence-electron chi connectivity index (χ4n) is 2.42. The maximum Gasteiger partial charge on any atom is 0.335 e. The van der Waals surface area contributed by atoms with Gasteiger partial charge in [-0.3, -0.25) is 19.9 Å². The molecule has 7 nitrogen and oxygen atoms in total. The Bertz CT molecular complexity index is 980. The number of para-hydroxylation sites is 2. The van der Waals surface area contributed by atoms with Crippen LogP contribution in [-0.2, 0) is 9.59 Å². The predicted molar refractivity (Wildman–Crippen MR) is 90.2 cm³/mol. The van der Waals surface area contributed by atoms with Crippen LogP contribution in [0.2, 0.25) is 0 Å². The maximum absolute atomic E-state index is 14.0. The van der Waals surface area contributed by atoms with Gasteiger partial charge in [-0.25, -0.2) is 14.1 Å². The number of amides is 4. The Hall–Kier alpha value is -3.86. The van der Waals surface area contributed by atoms with Crippen molar-refractivity contribution in [3.05, 3.63) is 59.9 Å². The standard InChI is InChI=1S/C18H11FN4O3/c19-13-6-2-4-8-15(13)23-17(25)12(16(24)22-18(23)26)10-21-14-7-3-1-5-11(14)9-20/h1-8,10,12H,(H,22,24,26)/t12-/m1/s1. The summed E-state index contributed by atoms with van der Waals surface area (Å²) in [6.07, 6.45) is 1.04. The Labute approximate surface area is 147 Å². The molecule has 3 rings (SSSR count). The number of aliphatic imine (C=N–C) groups is 1. The van der Waals surface area contributed by atoms with E-state index < -0.39 is 29.6 Å². The van der Waals surface area contributed by atoms with Crippen LogP contribution in [0.5, 0.6) is 0 Å². The average molecular weight is 350 g/mol. The number of carbonyl (C=O) groups excluding carboxylic acids is 3. The van der Waals surface area contributed by atoms with Crippen LogP contribution < -0.4 is 10.2 Å². The van der Waals surface area contributed by atoms with Gasteiger partial charge in [-0.05, 0) is 24.3 Å². The maximum atomic E-state index is 14.0. The molecule has 4 amide bonds. The van der Waals surface area contributed by atoms with E-state index in [-0.39, 0.29) is 16.9 Å². The Kier molecular flexibility index (Phi) is 4.53. The monoisotopic (exact) mass is 350 g/mol. The van der Waals surface area contributed by atoms with Gasteiger partial charge in [-0.1, -0.05) is 24.3 Å². The van der Waals surface area contributed by atoms with Gasteiger partial charge in [0.15, 0.2) is 5.92 Å². The average Bonchev–Trinajstić information content (AvgIpc) is 2.63.